The molecule has 27 heavy (non-hydrogen) atoms. The van der Waals surface area contributed by atoms with Gasteiger partial charge in [0.05, 0.1) is 6.54 Å². The minimum Gasteiger partial charge on any atom is -0.463 e. The van der Waals surface area contributed by atoms with Gasteiger partial charge in [-0.1, -0.05) is 92.8 Å². The summed E-state index contributed by atoms with van der Waals surface area (Å²) >= 11 is 0. The van der Waals surface area contributed by atoms with E-state index in [9.17, 15) is 9.28 Å². The highest BCUT2D eigenvalue weighted by Gasteiger charge is 2.50. The van der Waals surface area contributed by atoms with Crippen molar-refractivity contribution in [1.29, 1.82) is 0 Å². The van der Waals surface area contributed by atoms with Gasteiger partial charge in [0.2, 0.25) is 0 Å². The highest BCUT2D eigenvalue weighted by Crippen LogP contribution is 2.37. The summed E-state index contributed by atoms with van der Waals surface area (Å²) in [5.41, 5.74) is 0. The molecule has 2 aromatic carbocycles. The van der Waals surface area contributed by atoms with Crippen molar-refractivity contribution in [3.05, 3.63) is 60.7 Å². The number of amides is 1. The van der Waals surface area contributed by atoms with Gasteiger partial charge in [-0.2, -0.15) is 0 Å². The van der Waals surface area contributed by atoms with Crippen LogP contribution in [0.2, 0.25) is 5.04 Å². The Morgan fingerprint density at radius 2 is 1.52 bits per heavy atom. The maximum atomic E-state index is 13.5. The van der Waals surface area contributed by atoms with Crippen LogP contribution in [0.15, 0.2) is 60.7 Å². The molecule has 0 aromatic heterocycles. The molecule has 1 amide bonds. The Hall–Kier alpha value is -2.18. The fourth-order valence-electron chi connectivity index (χ4n) is 3.43. The summed E-state index contributed by atoms with van der Waals surface area (Å²) in [6.07, 6.45) is -1.58. The van der Waals surface area contributed by atoms with Gasteiger partial charge in [0.1, 0.15) is 0 Å². The van der Waals surface area contributed by atoms with Crippen molar-refractivity contribution in [2.75, 3.05) is 13.2 Å². The maximum Gasteiger partial charge on any atom is 0.435 e. The van der Waals surface area contributed by atoms with Crippen LogP contribution in [-0.2, 0) is 4.43 Å². The van der Waals surface area contributed by atoms with Crippen LogP contribution in [-0.4, -0.2) is 37.8 Å². The lowest BCUT2D eigenvalue weighted by Gasteiger charge is -2.43. The molecular formula is C21H28FNO3Si. The lowest BCUT2D eigenvalue weighted by molar-refractivity contribution is 0.0152. The zero-order chi connectivity index (χ0) is 20.1. The Balaban J connectivity index is 2.42. The van der Waals surface area contributed by atoms with Gasteiger partial charge >= 0.3 is 6.09 Å². The zero-order valence-corrected chi connectivity index (χ0v) is 17.4. The largest absolute Gasteiger partial charge is 0.463 e. The van der Waals surface area contributed by atoms with Crippen molar-refractivity contribution < 1.29 is 18.8 Å². The molecule has 0 spiro atoms. The van der Waals surface area contributed by atoms with Gasteiger partial charge in [0.15, 0.2) is 0 Å². The number of hydrogen-bond acceptors (Lipinski definition) is 2. The molecule has 0 radical (unpaired) electrons. The Bertz CT molecular complexity index is 695. The number of carbonyl (C=O) groups is 1. The summed E-state index contributed by atoms with van der Waals surface area (Å²) in [4.78, 5) is 10.8. The molecular weight excluding hydrogens is 361 g/mol. The highest BCUT2D eigenvalue weighted by atomic mass is 28.4. The van der Waals surface area contributed by atoms with Gasteiger partial charge in [-0.15, -0.1) is 5.12 Å². The first kappa shape index (κ1) is 21.1. The second kappa shape index (κ2) is 8.67. The summed E-state index contributed by atoms with van der Waals surface area (Å²) in [6, 6.07) is 20.3. The van der Waals surface area contributed by atoms with Crippen LogP contribution in [0.3, 0.4) is 0 Å². The molecule has 1 atom stereocenters. The van der Waals surface area contributed by atoms with Crippen LogP contribution in [0.25, 0.3) is 0 Å². The highest BCUT2D eigenvalue weighted by molar-refractivity contribution is 6.99. The summed E-state index contributed by atoms with van der Waals surface area (Å²) in [7, 11) is -2.68. The quantitative estimate of drug-likeness (QED) is 0.574. The van der Waals surface area contributed by atoms with Crippen molar-refractivity contribution in [3.8, 4) is 0 Å². The molecule has 1 N–H and O–H groups in total. The Morgan fingerprint density at radius 1 is 1.07 bits per heavy atom. The fraction of sp³-hybridized carbons (Fsp3) is 0.381. The molecule has 0 aliphatic rings. The standard InChI is InChI=1S/C21H28FNO3Si/c1-17(15-23(22)20(24)25)16-26-27(21(2,3)4,18-11-7-5-8-12-18)19-13-9-6-10-14-19/h5-14,17H,15-16H2,1-4H3,(H,24,25). The molecule has 146 valence electrons. The van der Waals surface area contributed by atoms with Gasteiger partial charge in [-0.3, -0.25) is 0 Å². The van der Waals surface area contributed by atoms with Crippen LogP contribution < -0.4 is 10.4 Å². The Kier molecular flexibility index (Phi) is 6.78. The topological polar surface area (TPSA) is 49.8 Å². The average molecular weight is 390 g/mol. The van der Waals surface area contributed by atoms with Crippen molar-refractivity contribution in [1.82, 2.24) is 5.12 Å². The van der Waals surface area contributed by atoms with E-state index in [1.54, 1.807) is 6.92 Å². The summed E-state index contributed by atoms with van der Waals surface area (Å²) in [5, 5.41) is 10.7. The van der Waals surface area contributed by atoms with Crippen LogP contribution in [0.4, 0.5) is 9.28 Å². The van der Waals surface area contributed by atoms with Crippen LogP contribution >= 0.6 is 0 Å². The molecule has 2 aromatic rings. The third-order valence-electron chi connectivity index (χ3n) is 4.68. The van der Waals surface area contributed by atoms with Crippen molar-refractivity contribution in [2.24, 2.45) is 5.92 Å². The second-order valence-corrected chi connectivity index (χ2v) is 12.2. The molecule has 6 heteroatoms. The molecule has 0 bridgehead atoms. The van der Waals surface area contributed by atoms with E-state index in [0.717, 1.165) is 10.4 Å². The van der Waals surface area contributed by atoms with Gasteiger partial charge < -0.3 is 9.53 Å². The number of benzene rings is 2. The third kappa shape index (κ3) is 4.76. The maximum absolute atomic E-state index is 13.5. The van der Waals surface area contributed by atoms with Crippen molar-refractivity contribution in [2.45, 2.75) is 32.7 Å². The molecule has 4 nitrogen and oxygen atoms in total. The molecule has 2 rings (SSSR count). The average Bonchev–Trinajstić information content (AvgIpc) is 2.62. The van der Waals surface area contributed by atoms with E-state index in [1.165, 1.54) is 0 Å². The molecule has 0 saturated heterocycles. The van der Waals surface area contributed by atoms with Crippen molar-refractivity contribution in [3.63, 3.8) is 0 Å². The fourth-order valence-corrected chi connectivity index (χ4v) is 8.12. The van der Waals surface area contributed by atoms with E-state index in [1.807, 2.05) is 36.4 Å². The van der Waals surface area contributed by atoms with E-state index >= 15 is 0 Å². The van der Waals surface area contributed by atoms with E-state index in [0.29, 0.717) is 0 Å². The van der Waals surface area contributed by atoms with Gasteiger partial charge in [0.25, 0.3) is 8.32 Å². The smallest absolute Gasteiger partial charge is 0.435 e. The van der Waals surface area contributed by atoms with Gasteiger partial charge in [-0.25, -0.2) is 4.79 Å². The molecule has 0 heterocycles. The first-order chi connectivity index (χ1) is 12.7. The molecule has 0 saturated carbocycles. The Labute approximate surface area is 161 Å². The lowest BCUT2D eigenvalue weighted by atomic mass is 10.2. The Morgan fingerprint density at radius 3 is 1.89 bits per heavy atom. The van der Waals surface area contributed by atoms with Crippen LogP contribution in [0.5, 0.6) is 0 Å². The van der Waals surface area contributed by atoms with Crippen LogP contribution in [0, 0.1) is 5.92 Å². The van der Waals surface area contributed by atoms with Crippen molar-refractivity contribution >= 4 is 24.8 Å². The molecule has 0 fully saturated rings. The number of rotatable bonds is 7. The SMILES string of the molecule is CC(CO[Si](c1ccccc1)(c1ccccc1)C(C)(C)C)CN(F)C(=O)O. The first-order valence-corrected chi connectivity index (χ1v) is 11.0. The van der Waals surface area contributed by atoms with Crippen LogP contribution in [0.1, 0.15) is 27.7 Å². The lowest BCUT2D eigenvalue weighted by Crippen LogP contribution is -2.67. The first-order valence-electron chi connectivity index (χ1n) is 9.09. The third-order valence-corrected chi connectivity index (χ3v) is 9.69. The normalized spacial score (nSPS) is 13.2. The number of hydrogen-bond donors (Lipinski definition) is 1. The minimum atomic E-state index is -2.68. The van der Waals surface area contributed by atoms with E-state index in [2.05, 4.69) is 45.0 Å². The van der Waals surface area contributed by atoms with Gasteiger partial charge in [0, 0.05) is 6.61 Å². The molecule has 0 aliphatic heterocycles. The number of carboxylic acid groups (broad SMARTS) is 1. The second-order valence-electron chi connectivity index (χ2n) is 7.91. The summed E-state index contributed by atoms with van der Waals surface area (Å²) in [5.74, 6) is -0.271. The monoisotopic (exact) mass is 389 g/mol. The number of nitrogens with zero attached hydrogens (tertiary/aromatic N) is 1. The predicted octanol–water partition coefficient (Wildman–Crippen LogP) is 4.06. The minimum absolute atomic E-state index is 0.169. The van der Waals surface area contributed by atoms with E-state index in [-0.39, 0.29) is 29.2 Å². The van der Waals surface area contributed by atoms with E-state index < -0.39 is 14.4 Å². The summed E-state index contributed by atoms with van der Waals surface area (Å²) in [6.45, 7) is 8.37. The van der Waals surface area contributed by atoms with E-state index in [4.69, 9.17) is 9.53 Å². The summed E-state index contributed by atoms with van der Waals surface area (Å²) < 4.78 is 20.1. The number of halogens is 1. The zero-order valence-electron chi connectivity index (χ0n) is 16.4. The molecule has 0 aliphatic carbocycles. The predicted molar refractivity (Wildman–Crippen MR) is 109 cm³/mol. The molecule has 1 unspecified atom stereocenters. The van der Waals surface area contributed by atoms with Gasteiger partial charge in [-0.05, 0) is 21.3 Å².